The number of nitriles is 2. The number of hydrogen-bond acceptors (Lipinski definition) is 7. The van der Waals surface area contributed by atoms with Gasteiger partial charge in [0, 0.05) is 30.4 Å². The van der Waals surface area contributed by atoms with Crippen LogP contribution < -0.4 is 15.0 Å². The first-order valence-corrected chi connectivity index (χ1v) is 8.73. The predicted octanol–water partition coefficient (Wildman–Crippen LogP) is 2.82. The van der Waals surface area contributed by atoms with Crippen molar-refractivity contribution in [3.63, 3.8) is 0 Å². The third-order valence-corrected chi connectivity index (χ3v) is 4.66. The molecule has 0 aromatic heterocycles. The average molecular weight is 372 g/mol. The van der Waals surface area contributed by atoms with Crippen LogP contribution in [0.5, 0.6) is 5.75 Å². The Morgan fingerprint density at radius 2 is 2.00 bits per heavy atom. The standard InChI is InChI=1S/C17H16N4O2S2/c1-23-14-11-13(21(8-2-6-18)9-3-7-19)5-4-12(14)10-15-16(22)20-17(24)25-15/h4-5,10-11H,2-3,8-9H2,1H3,(H,20,22,24)/b15-10-. The van der Waals surface area contributed by atoms with Crippen LogP contribution in [0.4, 0.5) is 5.69 Å². The van der Waals surface area contributed by atoms with Crippen molar-refractivity contribution in [1.29, 1.82) is 10.5 Å². The number of nitrogens with one attached hydrogen (secondary N) is 1. The molecule has 0 atom stereocenters. The third kappa shape index (κ3) is 4.96. The quantitative estimate of drug-likeness (QED) is 0.581. The fourth-order valence-electron chi connectivity index (χ4n) is 2.32. The maximum Gasteiger partial charge on any atom is 0.263 e. The van der Waals surface area contributed by atoms with E-state index in [1.807, 2.05) is 23.1 Å². The number of methoxy groups -OCH3 is 1. The molecule has 1 amide bonds. The van der Waals surface area contributed by atoms with E-state index in [2.05, 4.69) is 17.5 Å². The number of anilines is 1. The molecular weight excluding hydrogens is 356 g/mol. The second-order valence-electron chi connectivity index (χ2n) is 5.08. The van der Waals surface area contributed by atoms with Crippen molar-refractivity contribution in [2.45, 2.75) is 12.8 Å². The number of carbonyl (C=O) groups is 1. The van der Waals surface area contributed by atoms with Crippen molar-refractivity contribution in [2.24, 2.45) is 0 Å². The van der Waals surface area contributed by atoms with E-state index in [1.54, 1.807) is 13.2 Å². The lowest BCUT2D eigenvalue weighted by atomic mass is 10.1. The van der Waals surface area contributed by atoms with Crippen LogP contribution in [0.3, 0.4) is 0 Å². The van der Waals surface area contributed by atoms with Gasteiger partial charge in [0.1, 0.15) is 10.1 Å². The zero-order valence-electron chi connectivity index (χ0n) is 13.6. The van der Waals surface area contributed by atoms with Crippen LogP contribution >= 0.6 is 24.0 Å². The number of nitrogens with zero attached hydrogens (tertiary/aromatic N) is 3. The van der Waals surface area contributed by atoms with E-state index in [1.165, 1.54) is 11.8 Å². The second kappa shape index (κ2) is 9.07. The van der Waals surface area contributed by atoms with Crippen molar-refractivity contribution in [3.05, 3.63) is 28.7 Å². The van der Waals surface area contributed by atoms with Gasteiger partial charge in [-0.3, -0.25) is 4.79 Å². The van der Waals surface area contributed by atoms with Gasteiger partial charge in [-0.05, 0) is 18.2 Å². The molecule has 1 fully saturated rings. The summed E-state index contributed by atoms with van der Waals surface area (Å²) in [4.78, 5) is 14.3. The third-order valence-electron chi connectivity index (χ3n) is 3.50. The Balaban J connectivity index is 2.30. The zero-order valence-corrected chi connectivity index (χ0v) is 15.2. The summed E-state index contributed by atoms with van der Waals surface area (Å²) in [5, 5.41) is 20.2. The summed E-state index contributed by atoms with van der Waals surface area (Å²) in [6.07, 6.45) is 2.47. The normalized spacial score (nSPS) is 14.8. The number of benzene rings is 1. The number of thiocarbonyl (C=S) groups is 1. The maximum atomic E-state index is 11.8. The van der Waals surface area contributed by atoms with Gasteiger partial charge in [0.15, 0.2) is 0 Å². The fraction of sp³-hybridized carbons (Fsp3) is 0.294. The Morgan fingerprint density at radius 3 is 2.52 bits per heavy atom. The summed E-state index contributed by atoms with van der Waals surface area (Å²) >= 11 is 6.20. The first-order valence-electron chi connectivity index (χ1n) is 7.50. The molecule has 0 radical (unpaired) electrons. The Bertz CT molecular complexity index is 775. The van der Waals surface area contributed by atoms with E-state index in [0.29, 0.717) is 40.9 Å². The predicted molar refractivity (Wildman–Crippen MR) is 102 cm³/mol. The van der Waals surface area contributed by atoms with Gasteiger partial charge in [0.05, 0.1) is 37.0 Å². The summed E-state index contributed by atoms with van der Waals surface area (Å²) in [7, 11) is 1.56. The molecule has 1 N–H and O–H groups in total. The van der Waals surface area contributed by atoms with Gasteiger partial charge in [-0.15, -0.1) is 0 Å². The summed E-state index contributed by atoms with van der Waals surface area (Å²) in [6, 6.07) is 9.82. The molecule has 1 saturated heterocycles. The van der Waals surface area contributed by atoms with Crippen LogP contribution in [-0.4, -0.2) is 30.4 Å². The van der Waals surface area contributed by atoms with E-state index in [-0.39, 0.29) is 5.91 Å². The first-order chi connectivity index (χ1) is 12.1. The van der Waals surface area contributed by atoms with E-state index in [9.17, 15) is 4.79 Å². The van der Waals surface area contributed by atoms with Crippen LogP contribution in [0.25, 0.3) is 6.08 Å². The molecule has 1 aromatic carbocycles. The van der Waals surface area contributed by atoms with Crippen molar-refractivity contribution in [1.82, 2.24) is 5.32 Å². The Morgan fingerprint density at radius 1 is 1.32 bits per heavy atom. The molecule has 25 heavy (non-hydrogen) atoms. The number of rotatable bonds is 7. The molecule has 2 rings (SSSR count). The molecule has 8 heteroatoms. The molecule has 1 aromatic rings. The van der Waals surface area contributed by atoms with Crippen LogP contribution in [0.15, 0.2) is 23.1 Å². The first kappa shape index (κ1) is 18.8. The van der Waals surface area contributed by atoms with Crippen LogP contribution in [-0.2, 0) is 4.79 Å². The van der Waals surface area contributed by atoms with Crippen LogP contribution in [0, 0.1) is 22.7 Å². The molecule has 128 valence electrons. The van der Waals surface area contributed by atoms with Crippen molar-refractivity contribution >= 4 is 46.0 Å². The van der Waals surface area contributed by atoms with Gasteiger partial charge >= 0.3 is 0 Å². The number of carbonyl (C=O) groups excluding carboxylic acids is 1. The monoisotopic (exact) mass is 372 g/mol. The van der Waals surface area contributed by atoms with Crippen LogP contribution in [0.1, 0.15) is 18.4 Å². The molecule has 0 aliphatic carbocycles. The number of hydrogen-bond donors (Lipinski definition) is 1. The molecule has 1 aliphatic rings. The summed E-state index contributed by atoms with van der Waals surface area (Å²) in [5.41, 5.74) is 1.62. The van der Waals surface area contributed by atoms with Gasteiger partial charge in [0.2, 0.25) is 0 Å². The highest BCUT2D eigenvalue weighted by Crippen LogP contribution is 2.32. The Hall–Kier alpha value is -2.55. The summed E-state index contributed by atoms with van der Waals surface area (Å²) in [5.74, 6) is 0.390. The Labute approximate surface area is 156 Å². The topological polar surface area (TPSA) is 89.2 Å². The maximum absolute atomic E-state index is 11.8. The highest BCUT2D eigenvalue weighted by molar-refractivity contribution is 8.26. The molecule has 0 saturated carbocycles. The number of amides is 1. The molecular formula is C17H16N4O2S2. The molecule has 1 aliphatic heterocycles. The highest BCUT2D eigenvalue weighted by Gasteiger charge is 2.22. The lowest BCUT2D eigenvalue weighted by Gasteiger charge is -2.23. The van der Waals surface area contributed by atoms with Crippen molar-refractivity contribution < 1.29 is 9.53 Å². The number of ether oxygens (including phenoxy) is 1. The molecule has 1 heterocycles. The van der Waals surface area contributed by atoms with Gasteiger partial charge in [-0.25, -0.2) is 0 Å². The minimum absolute atomic E-state index is 0.217. The minimum Gasteiger partial charge on any atom is -0.496 e. The molecule has 0 bridgehead atoms. The average Bonchev–Trinajstić information content (AvgIpc) is 2.93. The Kier molecular flexibility index (Phi) is 6.81. The fourth-order valence-corrected chi connectivity index (χ4v) is 3.35. The lowest BCUT2D eigenvalue weighted by molar-refractivity contribution is -0.115. The smallest absolute Gasteiger partial charge is 0.263 e. The van der Waals surface area contributed by atoms with Crippen molar-refractivity contribution in [2.75, 3.05) is 25.1 Å². The van der Waals surface area contributed by atoms with Crippen LogP contribution in [0.2, 0.25) is 0 Å². The number of thioether (sulfide) groups is 1. The van der Waals surface area contributed by atoms with Gasteiger partial charge < -0.3 is 15.0 Å². The SMILES string of the molecule is COc1cc(N(CCC#N)CCC#N)ccc1/C=C1\SC(=S)NC1=O. The van der Waals surface area contributed by atoms with Gasteiger partial charge in [-0.1, -0.05) is 24.0 Å². The largest absolute Gasteiger partial charge is 0.496 e. The lowest BCUT2D eigenvalue weighted by Crippen LogP contribution is -2.25. The molecule has 0 spiro atoms. The summed E-state index contributed by atoms with van der Waals surface area (Å²) < 4.78 is 5.88. The van der Waals surface area contributed by atoms with E-state index in [0.717, 1.165) is 11.3 Å². The second-order valence-corrected chi connectivity index (χ2v) is 6.80. The van der Waals surface area contributed by atoms with E-state index >= 15 is 0 Å². The minimum atomic E-state index is -0.217. The summed E-state index contributed by atoms with van der Waals surface area (Å²) in [6.45, 7) is 1.07. The highest BCUT2D eigenvalue weighted by atomic mass is 32.2. The zero-order chi connectivity index (χ0) is 18.2. The van der Waals surface area contributed by atoms with E-state index in [4.69, 9.17) is 27.5 Å². The van der Waals surface area contributed by atoms with E-state index < -0.39 is 0 Å². The van der Waals surface area contributed by atoms with Gasteiger partial charge in [-0.2, -0.15) is 10.5 Å². The van der Waals surface area contributed by atoms with Crippen molar-refractivity contribution in [3.8, 4) is 17.9 Å². The van der Waals surface area contributed by atoms with Gasteiger partial charge in [0.25, 0.3) is 5.91 Å². The molecule has 6 nitrogen and oxygen atoms in total. The molecule has 0 unspecified atom stereocenters.